The normalized spacial score (nSPS) is 12.4. The van der Waals surface area contributed by atoms with E-state index in [0.29, 0.717) is 10.9 Å². The van der Waals surface area contributed by atoms with Gasteiger partial charge < -0.3 is 15.2 Å². The Morgan fingerprint density at radius 1 is 1.20 bits per heavy atom. The predicted molar refractivity (Wildman–Crippen MR) is 102 cm³/mol. The lowest BCUT2D eigenvalue weighted by atomic mass is 9.95. The molecule has 1 atom stereocenters. The number of aromatic nitrogens is 1. The number of carbonyl (C=O) groups is 2. The number of benzene rings is 2. The van der Waals surface area contributed by atoms with Gasteiger partial charge >= 0.3 is 12.1 Å². The molecular weight excluding hydrogens is 401 g/mol. The summed E-state index contributed by atoms with van der Waals surface area (Å²) in [6.07, 6.45) is -1.92. The fraction of sp³-hybridized carbons (Fsp3) is 0.190. The third kappa shape index (κ3) is 4.05. The third-order valence-corrected chi connectivity index (χ3v) is 4.58. The van der Waals surface area contributed by atoms with Gasteiger partial charge in [-0.3, -0.25) is 14.6 Å². The number of hydrogen-bond donors (Lipinski definition) is 2. The van der Waals surface area contributed by atoms with Crippen LogP contribution in [0.1, 0.15) is 34.5 Å². The molecular formula is C21H17F3N2O4. The zero-order valence-electron chi connectivity index (χ0n) is 15.9. The van der Waals surface area contributed by atoms with E-state index in [1.807, 2.05) is 0 Å². The molecule has 1 heterocycles. The number of ketones is 1. The molecule has 0 saturated heterocycles. The number of phenols is 1. The number of hydrogen-bond acceptors (Lipinski definition) is 5. The van der Waals surface area contributed by atoms with Gasteiger partial charge in [-0.25, -0.2) is 0 Å². The third-order valence-electron chi connectivity index (χ3n) is 4.58. The summed E-state index contributed by atoms with van der Waals surface area (Å²) in [4.78, 5) is 28.4. The number of fused-ring (bicyclic) bond motifs is 1. The molecule has 0 bridgehead atoms. The zero-order chi connectivity index (χ0) is 22.1. The minimum absolute atomic E-state index is 0.0332. The minimum atomic E-state index is -5.04. The number of rotatable bonds is 5. The summed E-state index contributed by atoms with van der Waals surface area (Å²) in [5.74, 6) is -3.15. The number of alkyl halides is 3. The second-order valence-electron chi connectivity index (χ2n) is 6.54. The SMILES string of the molecule is COc1cc(C(C)NC(=O)C(F)(F)F)cc(O)c1C(=O)c1cccc2cnccc12. The van der Waals surface area contributed by atoms with Gasteiger partial charge in [-0.1, -0.05) is 18.2 Å². The van der Waals surface area contributed by atoms with E-state index in [9.17, 15) is 27.9 Å². The number of nitrogens with zero attached hydrogens (tertiary/aromatic N) is 1. The second kappa shape index (κ2) is 8.02. The summed E-state index contributed by atoms with van der Waals surface area (Å²) >= 11 is 0. The lowest BCUT2D eigenvalue weighted by Gasteiger charge is -2.18. The standard InChI is InChI=1S/C21H17F3N2O4/c1-11(26-20(29)21(22,23)24)13-8-16(27)18(17(9-13)30-2)19(28)15-5-3-4-12-10-25-7-6-14(12)15/h3-11,27H,1-2H3,(H,26,29). The molecule has 1 aromatic heterocycles. The van der Waals surface area contributed by atoms with E-state index >= 15 is 0 Å². The molecule has 9 heteroatoms. The molecule has 0 aliphatic heterocycles. The van der Waals surface area contributed by atoms with E-state index in [1.165, 1.54) is 26.3 Å². The van der Waals surface area contributed by atoms with Crippen LogP contribution in [0.25, 0.3) is 10.8 Å². The summed E-state index contributed by atoms with van der Waals surface area (Å²) in [6, 6.07) is 8.05. The topological polar surface area (TPSA) is 88.5 Å². The number of carbonyl (C=O) groups excluding carboxylic acids is 2. The minimum Gasteiger partial charge on any atom is -0.507 e. The molecule has 0 aliphatic carbocycles. The molecule has 3 rings (SSSR count). The predicted octanol–water partition coefficient (Wildman–Crippen LogP) is 3.92. The first-order valence-electron chi connectivity index (χ1n) is 8.79. The van der Waals surface area contributed by atoms with Crippen molar-refractivity contribution in [1.29, 1.82) is 0 Å². The molecule has 6 nitrogen and oxygen atoms in total. The van der Waals surface area contributed by atoms with E-state index in [4.69, 9.17) is 4.74 Å². The summed E-state index contributed by atoms with van der Waals surface area (Å²) in [7, 11) is 1.27. The van der Waals surface area contributed by atoms with Crippen molar-refractivity contribution in [3.05, 3.63) is 65.5 Å². The maximum Gasteiger partial charge on any atom is 0.471 e. The summed E-state index contributed by atoms with van der Waals surface area (Å²) in [5.41, 5.74) is 0.301. The van der Waals surface area contributed by atoms with E-state index in [-0.39, 0.29) is 16.9 Å². The van der Waals surface area contributed by atoms with Gasteiger partial charge in [0.1, 0.15) is 17.1 Å². The number of amides is 1. The molecule has 3 aromatic rings. The van der Waals surface area contributed by atoms with E-state index < -0.39 is 29.7 Å². The van der Waals surface area contributed by atoms with Crippen LogP contribution in [0.2, 0.25) is 0 Å². The van der Waals surface area contributed by atoms with Crippen LogP contribution < -0.4 is 10.1 Å². The Hall–Kier alpha value is -3.62. The van der Waals surface area contributed by atoms with Crippen LogP contribution in [0.15, 0.2) is 48.8 Å². The van der Waals surface area contributed by atoms with Crippen LogP contribution in [0.5, 0.6) is 11.5 Å². The largest absolute Gasteiger partial charge is 0.507 e. The number of aromatic hydroxyl groups is 1. The van der Waals surface area contributed by atoms with Crippen LogP contribution in [0.3, 0.4) is 0 Å². The Morgan fingerprint density at radius 2 is 1.93 bits per heavy atom. The number of ether oxygens (including phenoxy) is 1. The Labute approximate surface area is 169 Å². The summed E-state index contributed by atoms with van der Waals surface area (Å²) in [6.45, 7) is 1.32. The Bertz CT molecular complexity index is 1120. The quantitative estimate of drug-likeness (QED) is 0.613. The molecule has 0 fully saturated rings. The molecule has 0 aliphatic rings. The molecule has 30 heavy (non-hydrogen) atoms. The monoisotopic (exact) mass is 418 g/mol. The van der Waals surface area contributed by atoms with Gasteiger partial charge in [-0.15, -0.1) is 0 Å². The van der Waals surface area contributed by atoms with Crippen molar-refractivity contribution in [2.24, 2.45) is 0 Å². The van der Waals surface area contributed by atoms with E-state index in [1.54, 1.807) is 35.8 Å². The van der Waals surface area contributed by atoms with Crippen molar-refractivity contribution in [3.8, 4) is 11.5 Å². The highest BCUT2D eigenvalue weighted by molar-refractivity contribution is 6.18. The molecule has 0 saturated carbocycles. The second-order valence-corrected chi connectivity index (χ2v) is 6.54. The molecule has 0 spiro atoms. The van der Waals surface area contributed by atoms with Crippen molar-refractivity contribution < 1.29 is 32.6 Å². The maximum atomic E-state index is 13.2. The average molecular weight is 418 g/mol. The highest BCUT2D eigenvalue weighted by Gasteiger charge is 2.39. The first-order chi connectivity index (χ1) is 14.1. The van der Waals surface area contributed by atoms with Crippen LogP contribution >= 0.6 is 0 Å². The van der Waals surface area contributed by atoms with Gasteiger partial charge in [-0.2, -0.15) is 13.2 Å². The summed E-state index contributed by atoms with van der Waals surface area (Å²) < 4.78 is 42.7. The van der Waals surface area contributed by atoms with Gasteiger partial charge in [0.2, 0.25) is 5.78 Å². The first kappa shape index (κ1) is 21.1. The van der Waals surface area contributed by atoms with Gasteiger partial charge in [0.15, 0.2) is 0 Å². The van der Waals surface area contributed by atoms with Gasteiger partial charge in [0.25, 0.3) is 0 Å². The number of methoxy groups -OCH3 is 1. The Kier molecular flexibility index (Phi) is 5.64. The Morgan fingerprint density at radius 3 is 2.60 bits per heavy atom. The maximum absolute atomic E-state index is 13.2. The molecule has 2 N–H and O–H groups in total. The van der Waals surface area contributed by atoms with Crippen molar-refractivity contribution >= 4 is 22.5 Å². The van der Waals surface area contributed by atoms with Crippen LogP contribution in [0, 0.1) is 0 Å². The van der Waals surface area contributed by atoms with E-state index in [2.05, 4.69) is 4.98 Å². The zero-order valence-corrected chi connectivity index (χ0v) is 15.9. The smallest absolute Gasteiger partial charge is 0.471 e. The van der Waals surface area contributed by atoms with Crippen LogP contribution in [0.4, 0.5) is 13.2 Å². The molecule has 2 aromatic carbocycles. The van der Waals surface area contributed by atoms with Crippen molar-refractivity contribution in [2.75, 3.05) is 7.11 Å². The first-order valence-corrected chi connectivity index (χ1v) is 8.79. The van der Waals surface area contributed by atoms with Gasteiger partial charge in [0, 0.05) is 23.3 Å². The summed E-state index contributed by atoms with van der Waals surface area (Å²) in [5, 5.41) is 13.6. The molecule has 156 valence electrons. The lowest BCUT2D eigenvalue weighted by Crippen LogP contribution is -2.38. The average Bonchev–Trinajstić information content (AvgIpc) is 2.71. The number of halogens is 3. The van der Waals surface area contributed by atoms with Crippen LogP contribution in [-0.2, 0) is 4.79 Å². The molecule has 0 radical (unpaired) electrons. The number of pyridine rings is 1. The number of nitrogens with one attached hydrogen (secondary N) is 1. The van der Waals surface area contributed by atoms with Crippen molar-refractivity contribution in [2.45, 2.75) is 19.1 Å². The Balaban J connectivity index is 2.02. The fourth-order valence-electron chi connectivity index (χ4n) is 3.08. The highest BCUT2D eigenvalue weighted by Crippen LogP contribution is 2.35. The molecule has 1 amide bonds. The highest BCUT2D eigenvalue weighted by atomic mass is 19.4. The fourth-order valence-corrected chi connectivity index (χ4v) is 3.08. The van der Waals surface area contributed by atoms with Gasteiger partial charge in [0.05, 0.1) is 13.2 Å². The van der Waals surface area contributed by atoms with Crippen molar-refractivity contribution in [1.82, 2.24) is 10.3 Å². The van der Waals surface area contributed by atoms with Gasteiger partial charge in [-0.05, 0) is 36.1 Å². The van der Waals surface area contributed by atoms with Crippen molar-refractivity contribution in [3.63, 3.8) is 0 Å². The van der Waals surface area contributed by atoms with E-state index in [0.717, 1.165) is 11.5 Å². The lowest BCUT2D eigenvalue weighted by molar-refractivity contribution is -0.174. The number of phenolic OH excluding ortho intramolecular Hbond substituents is 1. The molecule has 1 unspecified atom stereocenters. The van der Waals surface area contributed by atoms with Crippen LogP contribution in [-0.4, -0.2) is 35.1 Å².